The van der Waals surface area contributed by atoms with Crippen LogP contribution in [0.15, 0.2) is 18.2 Å². The maximum atomic E-state index is 13.5. The molecule has 23 heavy (non-hydrogen) atoms. The molecule has 1 aromatic carbocycles. The van der Waals surface area contributed by atoms with Gasteiger partial charge in [0, 0.05) is 25.1 Å². The molecule has 0 bridgehead atoms. The summed E-state index contributed by atoms with van der Waals surface area (Å²) in [6.45, 7) is -1.41. The van der Waals surface area contributed by atoms with E-state index in [-0.39, 0.29) is 24.2 Å². The van der Waals surface area contributed by atoms with Crippen LogP contribution in [0.4, 0.5) is 22.4 Å². The van der Waals surface area contributed by atoms with Crippen molar-refractivity contribution in [1.29, 1.82) is 5.26 Å². The van der Waals surface area contributed by atoms with E-state index in [1.165, 1.54) is 12.1 Å². The van der Waals surface area contributed by atoms with Crippen molar-refractivity contribution in [2.24, 2.45) is 0 Å². The van der Waals surface area contributed by atoms with Gasteiger partial charge in [-0.25, -0.2) is 9.18 Å². The third-order valence-electron chi connectivity index (χ3n) is 3.67. The van der Waals surface area contributed by atoms with Crippen LogP contribution in [0.1, 0.15) is 17.5 Å². The van der Waals surface area contributed by atoms with Crippen molar-refractivity contribution in [3.8, 4) is 6.07 Å². The average molecular weight is 331 g/mol. The van der Waals surface area contributed by atoms with Crippen molar-refractivity contribution in [2.45, 2.75) is 24.7 Å². The van der Waals surface area contributed by atoms with Crippen LogP contribution in [0.5, 0.6) is 0 Å². The zero-order valence-electron chi connectivity index (χ0n) is 11.8. The second-order valence-corrected chi connectivity index (χ2v) is 5.28. The van der Waals surface area contributed by atoms with Gasteiger partial charge in [-0.3, -0.25) is 0 Å². The Balaban J connectivity index is 1.98. The number of nitriles is 1. The molecule has 1 heterocycles. The molecule has 1 atom stereocenters. The van der Waals surface area contributed by atoms with Crippen LogP contribution in [-0.4, -0.2) is 40.9 Å². The van der Waals surface area contributed by atoms with Gasteiger partial charge in [-0.2, -0.15) is 18.4 Å². The lowest BCUT2D eigenvalue weighted by molar-refractivity contribution is -0.253. The number of nitrogens with zero attached hydrogens (tertiary/aromatic N) is 2. The number of carbonyl (C=O) groups is 1. The second-order valence-electron chi connectivity index (χ2n) is 5.28. The molecule has 1 aromatic rings. The molecule has 1 saturated heterocycles. The highest BCUT2D eigenvalue weighted by Crippen LogP contribution is 2.37. The number of aliphatic hydroxyl groups is 1. The number of hydrogen-bond acceptors (Lipinski definition) is 3. The Kier molecular flexibility index (Phi) is 4.47. The molecular weight excluding hydrogens is 318 g/mol. The van der Waals surface area contributed by atoms with Crippen LogP contribution in [0.25, 0.3) is 0 Å². The summed E-state index contributed by atoms with van der Waals surface area (Å²) >= 11 is 0. The maximum absolute atomic E-state index is 13.5. The van der Waals surface area contributed by atoms with Crippen LogP contribution in [0.3, 0.4) is 0 Å². The van der Waals surface area contributed by atoms with Gasteiger partial charge in [0.25, 0.3) is 0 Å². The lowest BCUT2D eigenvalue weighted by atomic mass is 10.0. The molecule has 2 rings (SSSR count). The SMILES string of the molecule is N#Cc1ccc(F)c(CNC(=O)N2CCC(O)(C(F)(F)F)C2)c1. The number of β-amino-alcohol motifs (C(OH)–C–C–N with tert-alkyl or cyclic N) is 1. The van der Waals surface area contributed by atoms with Crippen molar-refractivity contribution < 1.29 is 27.5 Å². The number of likely N-dealkylation sites (tertiary alicyclic amines) is 1. The number of alkyl halides is 3. The van der Waals surface area contributed by atoms with Gasteiger partial charge in [-0.15, -0.1) is 0 Å². The van der Waals surface area contributed by atoms with E-state index >= 15 is 0 Å². The summed E-state index contributed by atoms with van der Waals surface area (Å²) in [5.74, 6) is -0.641. The van der Waals surface area contributed by atoms with Crippen LogP contribution in [-0.2, 0) is 6.54 Å². The predicted molar refractivity (Wildman–Crippen MR) is 70.5 cm³/mol. The van der Waals surface area contributed by atoms with Crippen molar-refractivity contribution in [3.05, 3.63) is 35.1 Å². The van der Waals surface area contributed by atoms with E-state index in [2.05, 4.69) is 5.32 Å². The highest BCUT2D eigenvalue weighted by atomic mass is 19.4. The van der Waals surface area contributed by atoms with E-state index in [0.29, 0.717) is 0 Å². The lowest BCUT2D eigenvalue weighted by Gasteiger charge is -2.26. The highest BCUT2D eigenvalue weighted by Gasteiger charge is 2.57. The van der Waals surface area contributed by atoms with Crippen molar-refractivity contribution in [2.75, 3.05) is 13.1 Å². The normalized spacial score (nSPS) is 21.1. The quantitative estimate of drug-likeness (QED) is 0.813. The predicted octanol–water partition coefficient (Wildman–Crippen LogP) is 1.91. The molecule has 0 radical (unpaired) electrons. The number of hydrogen-bond donors (Lipinski definition) is 2. The summed E-state index contributed by atoms with van der Waals surface area (Å²) in [4.78, 5) is 12.7. The van der Waals surface area contributed by atoms with Gasteiger partial charge in [0.15, 0.2) is 5.60 Å². The van der Waals surface area contributed by atoms with Gasteiger partial charge in [-0.05, 0) is 18.2 Å². The smallest absolute Gasteiger partial charge is 0.379 e. The molecule has 0 spiro atoms. The number of rotatable bonds is 2. The van der Waals surface area contributed by atoms with Gasteiger partial charge >= 0.3 is 12.2 Å². The molecule has 1 unspecified atom stereocenters. The molecular formula is C14H13F4N3O2. The van der Waals surface area contributed by atoms with Gasteiger partial charge in [0.2, 0.25) is 0 Å². The minimum absolute atomic E-state index is 0.0441. The maximum Gasteiger partial charge on any atom is 0.419 e. The summed E-state index contributed by atoms with van der Waals surface area (Å²) in [7, 11) is 0. The molecule has 1 aliphatic rings. The van der Waals surface area contributed by atoms with Gasteiger partial charge in [-0.1, -0.05) is 0 Å². The fourth-order valence-electron chi connectivity index (χ4n) is 2.26. The molecule has 0 aliphatic carbocycles. The highest BCUT2D eigenvalue weighted by molar-refractivity contribution is 5.74. The first-order valence-corrected chi connectivity index (χ1v) is 6.67. The van der Waals surface area contributed by atoms with E-state index < -0.39 is 36.6 Å². The lowest BCUT2D eigenvalue weighted by Crippen LogP contribution is -2.49. The molecule has 0 saturated carbocycles. The first-order valence-electron chi connectivity index (χ1n) is 6.67. The summed E-state index contributed by atoms with van der Waals surface area (Å²) < 4.78 is 51.6. The Bertz CT molecular complexity index is 656. The van der Waals surface area contributed by atoms with Crippen LogP contribution >= 0.6 is 0 Å². The van der Waals surface area contributed by atoms with E-state index in [1.807, 2.05) is 6.07 Å². The first-order chi connectivity index (χ1) is 10.7. The van der Waals surface area contributed by atoms with Gasteiger partial charge < -0.3 is 15.3 Å². The Labute approximate surface area is 129 Å². The van der Waals surface area contributed by atoms with Crippen molar-refractivity contribution >= 4 is 6.03 Å². The van der Waals surface area contributed by atoms with Crippen molar-refractivity contribution in [1.82, 2.24) is 10.2 Å². The molecule has 9 heteroatoms. The van der Waals surface area contributed by atoms with Crippen molar-refractivity contribution in [3.63, 3.8) is 0 Å². The van der Waals surface area contributed by atoms with E-state index in [4.69, 9.17) is 5.26 Å². The Morgan fingerprint density at radius 3 is 2.74 bits per heavy atom. The summed E-state index contributed by atoms with van der Waals surface area (Å²) in [6.07, 6.45) is -5.43. The number of benzene rings is 1. The fourth-order valence-corrected chi connectivity index (χ4v) is 2.26. The minimum atomic E-state index is -4.82. The van der Waals surface area contributed by atoms with Crippen LogP contribution in [0, 0.1) is 17.1 Å². The topological polar surface area (TPSA) is 76.4 Å². The van der Waals surface area contributed by atoms with E-state index in [9.17, 15) is 27.5 Å². The molecule has 2 N–H and O–H groups in total. The number of halogens is 4. The first kappa shape index (κ1) is 17.0. The monoisotopic (exact) mass is 331 g/mol. The Morgan fingerprint density at radius 2 is 2.17 bits per heavy atom. The molecule has 0 aromatic heterocycles. The molecule has 1 fully saturated rings. The van der Waals surface area contributed by atoms with Crippen LogP contribution < -0.4 is 5.32 Å². The largest absolute Gasteiger partial charge is 0.419 e. The van der Waals surface area contributed by atoms with E-state index in [0.717, 1.165) is 11.0 Å². The van der Waals surface area contributed by atoms with Gasteiger partial charge in [0.05, 0.1) is 18.2 Å². The standard InChI is InChI=1S/C14H13F4N3O2/c15-11-2-1-9(6-19)5-10(11)7-20-12(22)21-4-3-13(23,8-21)14(16,17)18/h1-2,5,23H,3-4,7-8H2,(H,20,22). The zero-order chi connectivity index (χ0) is 17.3. The number of carbonyl (C=O) groups excluding carboxylic acids is 1. The summed E-state index contributed by atoms with van der Waals surface area (Å²) in [6, 6.07) is 4.55. The number of nitrogens with one attached hydrogen (secondary N) is 1. The Hall–Kier alpha value is -2.34. The average Bonchev–Trinajstić information content (AvgIpc) is 2.90. The van der Waals surface area contributed by atoms with E-state index in [1.54, 1.807) is 0 Å². The molecule has 124 valence electrons. The third-order valence-corrected chi connectivity index (χ3v) is 3.67. The molecule has 5 nitrogen and oxygen atoms in total. The fraction of sp³-hybridized carbons (Fsp3) is 0.429. The van der Waals surface area contributed by atoms with Crippen LogP contribution in [0.2, 0.25) is 0 Å². The Morgan fingerprint density at radius 1 is 1.48 bits per heavy atom. The minimum Gasteiger partial charge on any atom is -0.379 e. The number of urea groups is 1. The third kappa shape index (κ3) is 3.53. The summed E-state index contributed by atoms with van der Waals surface area (Å²) in [5.41, 5.74) is -2.68. The zero-order valence-corrected chi connectivity index (χ0v) is 11.8. The molecule has 2 amide bonds. The van der Waals surface area contributed by atoms with Gasteiger partial charge in [0.1, 0.15) is 5.82 Å². The number of amides is 2. The summed E-state index contributed by atoms with van der Waals surface area (Å²) in [5, 5.41) is 20.5. The molecule has 1 aliphatic heterocycles. The second kappa shape index (κ2) is 6.04.